The molecule has 0 aliphatic heterocycles. The highest BCUT2D eigenvalue weighted by molar-refractivity contribution is 5.76. The summed E-state index contributed by atoms with van der Waals surface area (Å²) in [6, 6.07) is 5.45. The quantitative estimate of drug-likeness (QED) is 0.384. The summed E-state index contributed by atoms with van der Waals surface area (Å²) in [5.74, 6) is 4.95. The van der Waals surface area contributed by atoms with Crippen LogP contribution in [0, 0.1) is 0 Å². The van der Waals surface area contributed by atoms with Gasteiger partial charge < -0.3 is 9.88 Å². The molecule has 1 aromatic heterocycles. The molecule has 4 N–H and O–H groups in total. The Morgan fingerprint density at radius 2 is 2.38 bits per heavy atom. The van der Waals surface area contributed by atoms with Gasteiger partial charge in [0, 0.05) is 13.6 Å². The monoisotopic (exact) mass is 219 g/mol. The first kappa shape index (κ1) is 10.4. The zero-order chi connectivity index (χ0) is 11.5. The minimum Gasteiger partial charge on any atom is -0.334 e. The molecule has 6 nitrogen and oxygen atoms in total. The molecule has 0 fully saturated rings. The van der Waals surface area contributed by atoms with E-state index in [1.807, 2.05) is 35.2 Å². The number of benzene rings is 1. The molecule has 16 heavy (non-hydrogen) atoms. The van der Waals surface area contributed by atoms with Crippen LogP contribution in [0.15, 0.2) is 24.5 Å². The highest BCUT2D eigenvalue weighted by Crippen LogP contribution is 2.13. The standard InChI is InChI=1S/C10H13N5O/c1-15-6-13-8-4-7(2-3-9(8)15)5-12-10(16)14-11/h2-4,6H,5,11H2,1H3,(H2,12,14,16). The maximum atomic E-state index is 10.9. The molecule has 0 saturated heterocycles. The van der Waals surface area contributed by atoms with Gasteiger partial charge in [-0.3, -0.25) is 5.43 Å². The Bertz CT molecular complexity index is 519. The largest absolute Gasteiger partial charge is 0.334 e. The van der Waals surface area contributed by atoms with Crippen molar-refractivity contribution in [2.45, 2.75) is 6.54 Å². The predicted octanol–water partition coefficient (Wildman–Crippen LogP) is 0.246. The predicted molar refractivity (Wildman–Crippen MR) is 60.3 cm³/mol. The number of aryl methyl sites for hydroxylation is 1. The Morgan fingerprint density at radius 1 is 1.56 bits per heavy atom. The van der Waals surface area contributed by atoms with Crippen LogP contribution in [0.3, 0.4) is 0 Å². The van der Waals surface area contributed by atoms with Crippen LogP contribution in [0.1, 0.15) is 5.56 Å². The van der Waals surface area contributed by atoms with Crippen LogP contribution >= 0.6 is 0 Å². The highest BCUT2D eigenvalue weighted by Gasteiger charge is 2.02. The second-order valence-electron chi connectivity index (χ2n) is 3.51. The number of urea groups is 1. The summed E-state index contributed by atoms with van der Waals surface area (Å²) in [6.07, 6.45) is 1.76. The van der Waals surface area contributed by atoms with Crippen LogP contribution < -0.4 is 16.6 Å². The second-order valence-corrected chi connectivity index (χ2v) is 3.51. The van der Waals surface area contributed by atoms with E-state index < -0.39 is 6.03 Å². The number of imidazole rings is 1. The van der Waals surface area contributed by atoms with E-state index in [0.29, 0.717) is 6.54 Å². The first-order chi connectivity index (χ1) is 7.70. The SMILES string of the molecule is Cn1cnc2cc(CNC(=O)NN)ccc21. The van der Waals surface area contributed by atoms with Gasteiger partial charge in [-0.1, -0.05) is 6.07 Å². The Hall–Kier alpha value is -2.08. The number of nitrogens with two attached hydrogens (primary N) is 1. The average Bonchev–Trinajstić information content (AvgIpc) is 2.67. The summed E-state index contributed by atoms with van der Waals surface area (Å²) in [5, 5.41) is 2.61. The smallest absolute Gasteiger partial charge is 0.329 e. The zero-order valence-corrected chi connectivity index (χ0v) is 8.90. The molecule has 0 radical (unpaired) electrons. The number of hydrazine groups is 1. The summed E-state index contributed by atoms with van der Waals surface area (Å²) in [6.45, 7) is 0.426. The van der Waals surface area contributed by atoms with Crippen molar-refractivity contribution in [3.8, 4) is 0 Å². The van der Waals surface area contributed by atoms with Gasteiger partial charge in [0.05, 0.1) is 17.4 Å². The fourth-order valence-corrected chi connectivity index (χ4v) is 1.53. The summed E-state index contributed by atoms with van der Waals surface area (Å²) >= 11 is 0. The summed E-state index contributed by atoms with van der Waals surface area (Å²) in [7, 11) is 1.94. The van der Waals surface area contributed by atoms with Gasteiger partial charge in [0.25, 0.3) is 0 Å². The van der Waals surface area contributed by atoms with Crippen LogP contribution in [-0.2, 0) is 13.6 Å². The van der Waals surface area contributed by atoms with E-state index in [9.17, 15) is 4.79 Å². The first-order valence-corrected chi connectivity index (χ1v) is 4.85. The molecule has 0 saturated carbocycles. The summed E-state index contributed by atoms with van der Waals surface area (Å²) in [5.41, 5.74) is 4.96. The molecule has 0 unspecified atom stereocenters. The minimum atomic E-state index is -0.402. The van der Waals surface area contributed by atoms with Crippen molar-refractivity contribution in [2.24, 2.45) is 12.9 Å². The molecule has 2 amide bonds. The first-order valence-electron chi connectivity index (χ1n) is 4.85. The lowest BCUT2D eigenvalue weighted by Crippen LogP contribution is -2.39. The normalized spacial score (nSPS) is 10.4. The lowest BCUT2D eigenvalue weighted by Gasteiger charge is -2.04. The number of carbonyl (C=O) groups is 1. The van der Waals surface area contributed by atoms with Gasteiger partial charge in [-0.2, -0.15) is 0 Å². The third-order valence-electron chi connectivity index (χ3n) is 2.37. The summed E-state index contributed by atoms with van der Waals surface area (Å²) < 4.78 is 1.94. The molecule has 1 heterocycles. The van der Waals surface area contributed by atoms with Gasteiger partial charge in [-0.05, 0) is 17.7 Å². The van der Waals surface area contributed by atoms with Crippen molar-refractivity contribution in [3.05, 3.63) is 30.1 Å². The van der Waals surface area contributed by atoms with Gasteiger partial charge in [0.15, 0.2) is 0 Å². The van der Waals surface area contributed by atoms with Crippen molar-refractivity contribution >= 4 is 17.1 Å². The maximum Gasteiger partial charge on any atom is 0.329 e. The molecule has 1 aromatic carbocycles. The fraction of sp³-hybridized carbons (Fsp3) is 0.200. The molecule has 0 aliphatic carbocycles. The van der Waals surface area contributed by atoms with Crippen LogP contribution in [0.4, 0.5) is 4.79 Å². The lowest BCUT2D eigenvalue weighted by atomic mass is 10.2. The fourth-order valence-electron chi connectivity index (χ4n) is 1.53. The van der Waals surface area contributed by atoms with E-state index in [2.05, 4.69) is 10.3 Å². The summed E-state index contributed by atoms with van der Waals surface area (Å²) in [4.78, 5) is 15.1. The number of nitrogens with zero attached hydrogens (tertiary/aromatic N) is 2. The molecule has 0 atom stereocenters. The molecule has 0 bridgehead atoms. The van der Waals surface area contributed by atoms with Crippen molar-refractivity contribution in [1.29, 1.82) is 0 Å². The molecular formula is C10H13N5O. The molecular weight excluding hydrogens is 206 g/mol. The lowest BCUT2D eigenvalue weighted by molar-refractivity contribution is 0.241. The molecule has 84 valence electrons. The van der Waals surface area contributed by atoms with Crippen LogP contribution in [0.25, 0.3) is 11.0 Å². The van der Waals surface area contributed by atoms with Crippen LogP contribution in [0.2, 0.25) is 0 Å². The van der Waals surface area contributed by atoms with E-state index in [4.69, 9.17) is 5.84 Å². The number of nitrogens with one attached hydrogen (secondary N) is 2. The Kier molecular flexibility index (Phi) is 2.74. The Morgan fingerprint density at radius 3 is 3.12 bits per heavy atom. The number of hydrogen-bond donors (Lipinski definition) is 3. The Balaban J connectivity index is 2.17. The van der Waals surface area contributed by atoms with E-state index in [0.717, 1.165) is 16.6 Å². The third-order valence-corrected chi connectivity index (χ3v) is 2.37. The van der Waals surface area contributed by atoms with Crippen molar-refractivity contribution in [1.82, 2.24) is 20.3 Å². The average molecular weight is 219 g/mol. The zero-order valence-electron chi connectivity index (χ0n) is 8.90. The van der Waals surface area contributed by atoms with E-state index in [1.54, 1.807) is 6.33 Å². The number of rotatable bonds is 2. The van der Waals surface area contributed by atoms with Gasteiger partial charge in [0.1, 0.15) is 0 Å². The number of hydrogen-bond acceptors (Lipinski definition) is 3. The minimum absolute atomic E-state index is 0.402. The van der Waals surface area contributed by atoms with Crippen LogP contribution in [-0.4, -0.2) is 15.6 Å². The molecule has 2 aromatic rings. The van der Waals surface area contributed by atoms with Gasteiger partial charge in [-0.15, -0.1) is 0 Å². The molecule has 0 spiro atoms. The highest BCUT2D eigenvalue weighted by atomic mass is 16.2. The number of aromatic nitrogens is 2. The van der Waals surface area contributed by atoms with Crippen molar-refractivity contribution < 1.29 is 4.79 Å². The topological polar surface area (TPSA) is 85.0 Å². The molecule has 2 rings (SSSR count). The number of amides is 2. The molecule has 6 heteroatoms. The van der Waals surface area contributed by atoms with E-state index >= 15 is 0 Å². The molecule has 0 aliphatic rings. The van der Waals surface area contributed by atoms with E-state index in [1.165, 1.54) is 0 Å². The number of carbonyl (C=O) groups excluding carboxylic acids is 1. The van der Waals surface area contributed by atoms with Crippen molar-refractivity contribution in [2.75, 3.05) is 0 Å². The third kappa shape index (κ3) is 1.96. The van der Waals surface area contributed by atoms with Crippen molar-refractivity contribution in [3.63, 3.8) is 0 Å². The van der Waals surface area contributed by atoms with Gasteiger partial charge in [-0.25, -0.2) is 15.6 Å². The Labute approximate surface area is 92.4 Å². The van der Waals surface area contributed by atoms with E-state index in [-0.39, 0.29) is 0 Å². The van der Waals surface area contributed by atoms with Gasteiger partial charge in [0.2, 0.25) is 0 Å². The van der Waals surface area contributed by atoms with Crippen LogP contribution in [0.5, 0.6) is 0 Å². The second kappa shape index (κ2) is 4.19. The number of fused-ring (bicyclic) bond motifs is 1. The maximum absolute atomic E-state index is 10.9. The van der Waals surface area contributed by atoms with Gasteiger partial charge >= 0.3 is 6.03 Å².